The Morgan fingerprint density at radius 3 is 2.41 bits per heavy atom. The van der Waals surface area contributed by atoms with Gasteiger partial charge in [-0.15, -0.1) is 0 Å². The van der Waals surface area contributed by atoms with Crippen LogP contribution in [0.1, 0.15) is 58.3 Å². The largest absolute Gasteiger partial charge is 0.519 e. The standard InChI is InChI=1S/C12H20O5/c1-2-3-7-12(8-5-4-6-9-12)17-11(15)16-10(13)14/h2-9H2,1H3,(H,13,14). The van der Waals surface area contributed by atoms with Crippen LogP contribution in [0.3, 0.4) is 0 Å². The lowest BCUT2D eigenvalue weighted by Gasteiger charge is -2.36. The molecule has 0 aromatic rings. The zero-order chi connectivity index (χ0) is 12.7. The third-order valence-electron chi connectivity index (χ3n) is 3.22. The van der Waals surface area contributed by atoms with E-state index >= 15 is 0 Å². The molecule has 0 unspecified atom stereocenters. The Labute approximate surface area is 101 Å². The van der Waals surface area contributed by atoms with Crippen molar-refractivity contribution in [1.29, 1.82) is 0 Å². The molecule has 0 spiro atoms. The highest BCUT2D eigenvalue weighted by Gasteiger charge is 2.36. The Balaban J connectivity index is 2.55. The molecule has 0 radical (unpaired) electrons. The van der Waals surface area contributed by atoms with Gasteiger partial charge < -0.3 is 14.6 Å². The monoisotopic (exact) mass is 244 g/mol. The second kappa shape index (κ2) is 6.47. The third kappa shape index (κ3) is 4.63. The molecule has 0 bridgehead atoms. The number of carboxylic acid groups (broad SMARTS) is 1. The van der Waals surface area contributed by atoms with Gasteiger partial charge in [-0.05, 0) is 38.5 Å². The van der Waals surface area contributed by atoms with E-state index < -0.39 is 17.9 Å². The number of hydrogen-bond acceptors (Lipinski definition) is 4. The molecule has 0 amide bonds. The highest BCUT2D eigenvalue weighted by atomic mass is 16.8. The van der Waals surface area contributed by atoms with Gasteiger partial charge in [-0.3, -0.25) is 0 Å². The molecule has 0 saturated heterocycles. The van der Waals surface area contributed by atoms with E-state index in [-0.39, 0.29) is 0 Å². The summed E-state index contributed by atoms with van der Waals surface area (Å²) in [6.45, 7) is 2.08. The van der Waals surface area contributed by atoms with Gasteiger partial charge in [0.05, 0.1) is 0 Å². The van der Waals surface area contributed by atoms with Crippen LogP contribution >= 0.6 is 0 Å². The van der Waals surface area contributed by atoms with E-state index in [4.69, 9.17) is 9.84 Å². The maximum Gasteiger partial charge on any atom is 0.519 e. The summed E-state index contributed by atoms with van der Waals surface area (Å²) >= 11 is 0. The smallest absolute Gasteiger partial charge is 0.449 e. The van der Waals surface area contributed by atoms with Crippen molar-refractivity contribution in [3.63, 3.8) is 0 Å². The van der Waals surface area contributed by atoms with E-state index in [0.29, 0.717) is 0 Å². The summed E-state index contributed by atoms with van der Waals surface area (Å²) in [5, 5.41) is 8.35. The fourth-order valence-corrected chi connectivity index (χ4v) is 2.37. The van der Waals surface area contributed by atoms with E-state index in [1.165, 1.54) is 0 Å². The molecule has 1 aliphatic rings. The maximum atomic E-state index is 11.3. The van der Waals surface area contributed by atoms with Gasteiger partial charge in [-0.25, -0.2) is 9.59 Å². The van der Waals surface area contributed by atoms with Crippen LogP contribution in [0.25, 0.3) is 0 Å². The van der Waals surface area contributed by atoms with Gasteiger partial charge in [-0.2, -0.15) is 0 Å². The van der Waals surface area contributed by atoms with Gasteiger partial charge in [-0.1, -0.05) is 19.8 Å². The first kappa shape index (κ1) is 13.8. The summed E-state index contributed by atoms with van der Waals surface area (Å²) in [5.41, 5.74) is -0.499. The first-order chi connectivity index (χ1) is 8.08. The molecule has 1 rings (SSSR count). The van der Waals surface area contributed by atoms with Crippen molar-refractivity contribution in [3.8, 4) is 0 Å². The second-order valence-electron chi connectivity index (χ2n) is 4.57. The predicted octanol–water partition coefficient (Wildman–Crippen LogP) is 3.71. The van der Waals surface area contributed by atoms with E-state index in [0.717, 1.165) is 51.4 Å². The lowest BCUT2D eigenvalue weighted by Crippen LogP contribution is -2.37. The third-order valence-corrected chi connectivity index (χ3v) is 3.22. The molecule has 0 aromatic heterocycles. The van der Waals surface area contributed by atoms with Crippen molar-refractivity contribution in [2.75, 3.05) is 0 Å². The Bertz CT molecular complexity index is 268. The van der Waals surface area contributed by atoms with Crippen LogP contribution in [0.5, 0.6) is 0 Å². The van der Waals surface area contributed by atoms with Crippen molar-refractivity contribution in [1.82, 2.24) is 0 Å². The fraction of sp³-hybridized carbons (Fsp3) is 0.833. The quantitative estimate of drug-likeness (QED) is 0.602. The fourth-order valence-electron chi connectivity index (χ4n) is 2.37. The number of carbonyl (C=O) groups excluding carboxylic acids is 1. The van der Waals surface area contributed by atoms with Gasteiger partial charge >= 0.3 is 12.3 Å². The summed E-state index contributed by atoms with van der Waals surface area (Å²) in [4.78, 5) is 21.5. The van der Waals surface area contributed by atoms with Crippen molar-refractivity contribution < 1.29 is 24.2 Å². The van der Waals surface area contributed by atoms with E-state index in [1.54, 1.807) is 0 Å². The lowest BCUT2D eigenvalue weighted by molar-refractivity contribution is -0.0540. The molecule has 17 heavy (non-hydrogen) atoms. The van der Waals surface area contributed by atoms with Gasteiger partial charge in [0.25, 0.3) is 0 Å². The number of ether oxygens (including phenoxy) is 2. The Kier molecular flexibility index (Phi) is 5.25. The molecule has 1 fully saturated rings. The predicted molar refractivity (Wildman–Crippen MR) is 60.9 cm³/mol. The van der Waals surface area contributed by atoms with Gasteiger partial charge in [0.1, 0.15) is 5.60 Å². The zero-order valence-electron chi connectivity index (χ0n) is 10.2. The Morgan fingerprint density at radius 2 is 1.88 bits per heavy atom. The molecular weight excluding hydrogens is 224 g/mol. The SMILES string of the molecule is CCCCC1(OC(=O)OC(=O)O)CCCCC1. The van der Waals surface area contributed by atoms with Gasteiger partial charge in [0.15, 0.2) is 0 Å². The minimum absolute atomic E-state index is 0.499. The van der Waals surface area contributed by atoms with Gasteiger partial charge in [0.2, 0.25) is 0 Å². The molecule has 5 heteroatoms. The van der Waals surface area contributed by atoms with Gasteiger partial charge in [0, 0.05) is 0 Å². The van der Waals surface area contributed by atoms with Crippen molar-refractivity contribution >= 4 is 12.3 Å². The van der Waals surface area contributed by atoms with E-state index in [2.05, 4.69) is 11.7 Å². The molecule has 98 valence electrons. The molecule has 0 aliphatic heterocycles. The Hall–Kier alpha value is -1.26. The van der Waals surface area contributed by atoms with Crippen LogP contribution in [0.2, 0.25) is 0 Å². The van der Waals surface area contributed by atoms with Crippen molar-refractivity contribution in [2.24, 2.45) is 0 Å². The minimum atomic E-state index is -1.61. The van der Waals surface area contributed by atoms with E-state index in [9.17, 15) is 9.59 Å². The molecule has 0 atom stereocenters. The highest BCUT2D eigenvalue weighted by molar-refractivity contribution is 5.75. The molecule has 1 aliphatic carbocycles. The second-order valence-corrected chi connectivity index (χ2v) is 4.57. The number of hydrogen-bond donors (Lipinski definition) is 1. The van der Waals surface area contributed by atoms with Crippen LogP contribution in [0.4, 0.5) is 9.59 Å². The summed E-state index contributed by atoms with van der Waals surface area (Å²) in [7, 11) is 0. The van der Waals surface area contributed by atoms with Crippen LogP contribution in [0.15, 0.2) is 0 Å². The summed E-state index contributed by atoms with van der Waals surface area (Å²) < 4.78 is 9.26. The summed E-state index contributed by atoms with van der Waals surface area (Å²) in [6.07, 6.45) is 4.88. The molecule has 0 heterocycles. The topological polar surface area (TPSA) is 72.8 Å². The first-order valence-electron chi connectivity index (χ1n) is 6.22. The average Bonchev–Trinajstić information content (AvgIpc) is 2.26. The molecule has 1 saturated carbocycles. The Morgan fingerprint density at radius 1 is 1.24 bits per heavy atom. The molecule has 1 N–H and O–H groups in total. The number of unbranched alkanes of at least 4 members (excludes halogenated alkanes) is 1. The first-order valence-corrected chi connectivity index (χ1v) is 6.22. The van der Waals surface area contributed by atoms with Crippen molar-refractivity contribution in [3.05, 3.63) is 0 Å². The minimum Gasteiger partial charge on any atom is -0.449 e. The molecule has 0 aromatic carbocycles. The number of rotatable bonds is 4. The highest BCUT2D eigenvalue weighted by Crippen LogP contribution is 2.36. The molecular formula is C12H20O5. The van der Waals surface area contributed by atoms with Crippen molar-refractivity contribution in [2.45, 2.75) is 63.9 Å². The zero-order valence-corrected chi connectivity index (χ0v) is 10.2. The summed E-state index contributed by atoms with van der Waals surface area (Å²) in [6, 6.07) is 0. The maximum absolute atomic E-state index is 11.3. The normalized spacial score (nSPS) is 18.4. The average molecular weight is 244 g/mol. The van der Waals surface area contributed by atoms with Crippen LogP contribution in [0, 0.1) is 0 Å². The van der Waals surface area contributed by atoms with Crippen LogP contribution < -0.4 is 0 Å². The number of carbonyl (C=O) groups is 2. The van der Waals surface area contributed by atoms with Crippen LogP contribution in [-0.4, -0.2) is 23.0 Å². The van der Waals surface area contributed by atoms with E-state index in [1.807, 2.05) is 0 Å². The van der Waals surface area contributed by atoms with Crippen LogP contribution in [-0.2, 0) is 9.47 Å². The molecule has 5 nitrogen and oxygen atoms in total. The summed E-state index contributed by atoms with van der Waals surface area (Å²) in [5.74, 6) is 0. The lowest BCUT2D eigenvalue weighted by atomic mass is 9.81.